The van der Waals surface area contributed by atoms with Crippen LogP contribution in [0.2, 0.25) is 0 Å². The number of aryl methyl sites for hydroxylation is 1. The molecule has 2 rings (SSSR count). The van der Waals surface area contributed by atoms with Gasteiger partial charge in [0.05, 0.1) is 0 Å². The van der Waals surface area contributed by atoms with Crippen LogP contribution in [0.15, 0.2) is 41.4 Å². The highest BCUT2D eigenvalue weighted by Gasteiger charge is 2.11. The Kier molecular flexibility index (Phi) is 6.12. The Hall–Kier alpha value is -1.48. The van der Waals surface area contributed by atoms with E-state index in [1.165, 1.54) is 22.6 Å². The van der Waals surface area contributed by atoms with Crippen LogP contribution in [0.1, 0.15) is 37.8 Å². The van der Waals surface area contributed by atoms with Crippen molar-refractivity contribution in [3.63, 3.8) is 0 Å². The van der Waals surface area contributed by atoms with Gasteiger partial charge in [0, 0.05) is 23.7 Å². The molecule has 1 saturated heterocycles. The highest BCUT2D eigenvalue weighted by Crippen LogP contribution is 2.30. The molecule has 21 heavy (non-hydrogen) atoms. The monoisotopic (exact) mass is 301 g/mol. The van der Waals surface area contributed by atoms with Gasteiger partial charge in [0.15, 0.2) is 0 Å². The van der Waals surface area contributed by atoms with E-state index in [1.807, 2.05) is 31.0 Å². The third kappa shape index (κ3) is 4.78. The summed E-state index contributed by atoms with van der Waals surface area (Å²) in [6, 6.07) is 8.34. The number of carbonyl (C=O) groups excluding carboxylic acids is 1. The zero-order valence-electron chi connectivity index (χ0n) is 12.8. The zero-order valence-corrected chi connectivity index (χ0v) is 13.7. The maximum absolute atomic E-state index is 12.2. The number of hydrogen-bond donors (Lipinski definition) is 0. The molecule has 1 amide bonds. The van der Waals surface area contributed by atoms with E-state index in [9.17, 15) is 4.79 Å². The van der Waals surface area contributed by atoms with Crippen molar-refractivity contribution in [3.05, 3.63) is 52.6 Å². The summed E-state index contributed by atoms with van der Waals surface area (Å²) in [4.78, 5) is 15.4. The van der Waals surface area contributed by atoms with Gasteiger partial charge in [-0.15, -0.1) is 11.8 Å². The first-order valence-corrected chi connectivity index (χ1v) is 8.62. The first kappa shape index (κ1) is 15.9. The van der Waals surface area contributed by atoms with Crippen molar-refractivity contribution in [1.29, 1.82) is 0 Å². The summed E-state index contributed by atoms with van der Waals surface area (Å²) < 4.78 is 0. The Balaban J connectivity index is 2.00. The molecule has 1 aromatic carbocycles. The number of hydrogen-bond acceptors (Lipinski definition) is 2. The van der Waals surface area contributed by atoms with Crippen molar-refractivity contribution in [2.75, 3.05) is 12.3 Å². The molecule has 0 aliphatic carbocycles. The van der Waals surface area contributed by atoms with Crippen LogP contribution in [0.25, 0.3) is 6.08 Å². The number of allylic oxidation sites excluding steroid dienone is 1. The zero-order chi connectivity index (χ0) is 15.1. The maximum atomic E-state index is 12.2. The second-order valence-corrected chi connectivity index (χ2v) is 6.32. The van der Waals surface area contributed by atoms with Gasteiger partial charge < -0.3 is 4.90 Å². The number of carbonyl (C=O) groups is 1. The van der Waals surface area contributed by atoms with E-state index in [2.05, 4.69) is 31.2 Å². The molecule has 112 valence electrons. The van der Waals surface area contributed by atoms with Gasteiger partial charge >= 0.3 is 0 Å². The van der Waals surface area contributed by atoms with E-state index in [0.717, 1.165) is 18.4 Å². The van der Waals surface area contributed by atoms with Crippen LogP contribution in [0.4, 0.5) is 0 Å². The van der Waals surface area contributed by atoms with Crippen LogP contribution < -0.4 is 0 Å². The normalized spacial score (nSPS) is 16.8. The highest BCUT2D eigenvalue weighted by molar-refractivity contribution is 8.03. The average Bonchev–Trinajstić information content (AvgIpc) is 3.03. The molecule has 0 saturated carbocycles. The van der Waals surface area contributed by atoms with E-state index in [4.69, 9.17) is 0 Å². The molecular weight excluding hydrogens is 278 g/mol. The minimum atomic E-state index is 0.0528. The van der Waals surface area contributed by atoms with Crippen LogP contribution in [0.3, 0.4) is 0 Å². The van der Waals surface area contributed by atoms with Gasteiger partial charge in [0.2, 0.25) is 0 Å². The summed E-state index contributed by atoms with van der Waals surface area (Å²) in [6.07, 6.45) is 8.95. The van der Waals surface area contributed by atoms with Gasteiger partial charge in [-0.05, 0) is 49.1 Å². The summed E-state index contributed by atoms with van der Waals surface area (Å²) in [5.74, 6) is 1.23. The Morgan fingerprint density at radius 1 is 1.29 bits per heavy atom. The average molecular weight is 301 g/mol. The molecule has 1 aliphatic rings. The smallest absolute Gasteiger partial charge is 0.250 e. The summed E-state index contributed by atoms with van der Waals surface area (Å²) in [6.45, 7) is 4.86. The van der Waals surface area contributed by atoms with Crippen LogP contribution >= 0.6 is 11.8 Å². The minimum absolute atomic E-state index is 0.0528. The number of benzene rings is 1. The topological polar surface area (TPSA) is 20.3 Å². The van der Waals surface area contributed by atoms with Gasteiger partial charge in [-0.2, -0.15) is 0 Å². The largest absolute Gasteiger partial charge is 0.315 e. The molecule has 0 aromatic heterocycles. The lowest BCUT2D eigenvalue weighted by atomic mass is 10.1. The van der Waals surface area contributed by atoms with Gasteiger partial charge in [-0.25, -0.2) is 0 Å². The fourth-order valence-electron chi connectivity index (χ4n) is 2.24. The predicted molar refractivity (Wildman–Crippen MR) is 92.0 cm³/mol. The Labute approximate surface area is 131 Å². The molecule has 0 atom stereocenters. The highest BCUT2D eigenvalue weighted by atomic mass is 32.2. The van der Waals surface area contributed by atoms with Gasteiger partial charge in [0.25, 0.3) is 5.91 Å². The number of rotatable bonds is 5. The summed E-state index contributed by atoms with van der Waals surface area (Å²) in [7, 11) is 0. The van der Waals surface area contributed by atoms with E-state index in [-0.39, 0.29) is 5.91 Å². The van der Waals surface area contributed by atoms with Crippen LogP contribution in [0, 0.1) is 0 Å². The lowest BCUT2D eigenvalue weighted by Gasteiger charge is -2.15. The lowest BCUT2D eigenvalue weighted by Crippen LogP contribution is -2.23. The number of thioether (sulfide) groups is 1. The maximum Gasteiger partial charge on any atom is 0.250 e. The number of nitrogens with zero attached hydrogens (tertiary/aromatic N) is 1. The molecule has 1 aliphatic heterocycles. The lowest BCUT2D eigenvalue weighted by molar-refractivity contribution is -0.123. The predicted octanol–water partition coefficient (Wildman–Crippen LogP) is 4.48. The van der Waals surface area contributed by atoms with E-state index in [0.29, 0.717) is 6.54 Å². The molecular formula is C18H23NOS. The van der Waals surface area contributed by atoms with Crippen LogP contribution in [-0.2, 0) is 11.2 Å². The van der Waals surface area contributed by atoms with Crippen LogP contribution in [0.5, 0.6) is 0 Å². The SMILES string of the molecule is CCc1ccc(/C=C/C(=O)N(/C=C2/CCCS2)CC)cc1. The van der Waals surface area contributed by atoms with Crippen LogP contribution in [-0.4, -0.2) is 23.1 Å². The number of amides is 1. The van der Waals surface area contributed by atoms with E-state index >= 15 is 0 Å². The Morgan fingerprint density at radius 3 is 2.62 bits per heavy atom. The Bertz CT molecular complexity index is 523. The summed E-state index contributed by atoms with van der Waals surface area (Å²) in [5, 5.41) is 0. The molecule has 1 fully saturated rings. The van der Waals surface area contributed by atoms with Crippen molar-refractivity contribution >= 4 is 23.7 Å². The Morgan fingerprint density at radius 2 is 2.05 bits per heavy atom. The van der Waals surface area contributed by atoms with Crippen molar-refractivity contribution in [2.45, 2.75) is 33.1 Å². The minimum Gasteiger partial charge on any atom is -0.315 e. The van der Waals surface area contributed by atoms with Gasteiger partial charge in [-0.1, -0.05) is 31.2 Å². The van der Waals surface area contributed by atoms with Gasteiger partial charge in [-0.3, -0.25) is 4.79 Å². The van der Waals surface area contributed by atoms with Crippen molar-refractivity contribution in [1.82, 2.24) is 4.90 Å². The summed E-state index contributed by atoms with van der Waals surface area (Å²) in [5.41, 5.74) is 2.39. The standard InChI is InChI=1S/C18H23NOS/c1-3-15-7-9-16(10-8-15)11-12-18(20)19(4-2)14-17-6-5-13-21-17/h7-12,14H,3-6,13H2,1-2H3/b12-11+,17-14-. The molecule has 2 nitrogen and oxygen atoms in total. The van der Waals surface area contributed by atoms with Crippen molar-refractivity contribution in [2.24, 2.45) is 0 Å². The first-order chi connectivity index (χ1) is 10.2. The second kappa shape index (κ2) is 8.08. The molecule has 0 spiro atoms. The number of likely N-dealkylation sites (N-methyl/N-ethyl adjacent to an activating group) is 1. The van der Waals surface area contributed by atoms with E-state index in [1.54, 1.807) is 11.0 Å². The molecule has 0 unspecified atom stereocenters. The third-order valence-electron chi connectivity index (χ3n) is 3.58. The molecule has 0 bridgehead atoms. The quantitative estimate of drug-likeness (QED) is 0.747. The van der Waals surface area contributed by atoms with Gasteiger partial charge in [0.1, 0.15) is 0 Å². The first-order valence-electron chi connectivity index (χ1n) is 7.64. The van der Waals surface area contributed by atoms with Crippen molar-refractivity contribution < 1.29 is 4.79 Å². The molecule has 1 aromatic rings. The fraction of sp³-hybridized carbons (Fsp3) is 0.389. The fourth-order valence-corrected chi connectivity index (χ4v) is 3.28. The molecule has 0 N–H and O–H groups in total. The van der Waals surface area contributed by atoms with E-state index < -0.39 is 0 Å². The molecule has 1 heterocycles. The molecule has 3 heteroatoms. The second-order valence-electron chi connectivity index (χ2n) is 5.10. The molecule has 0 radical (unpaired) electrons. The third-order valence-corrected chi connectivity index (χ3v) is 4.76. The van der Waals surface area contributed by atoms with Crippen molar-refractivity contribution in [3.8, 4) is 0 Å². The summed E-state index contributed by atoms with van der Waals surface area (Å²) >= 11 is 1.87.